The largest absolute Gasteiger partial charge is 0.351 e. The number of aromatic nitrogens is 1. The zero-order valence-electron chi connectivity index (χ0n) is 12.4. The van der Waals surface area contributed by atoms with Gasteiger partial charge in [-0.05, 0) is 19.3 Å². The number of carbonyl (C=O) groups excluding carboxylic acids is 1. The molecule has 0 bridgehead atoms. The molecule has 8 heteroatoms. The van der Waals surface area contributed by atoms with Crippen LogP contribution in [0.4, 0.5) is 5.13 Å². The SMILES string of the molecule is Cc1nc(N(C)S(C)(=O)=O)sc1C(=O)NCCC(C)C. The lowest BCUT2D eigenvalue weighted by molar-refractivity contribution is 0.0955. The summed E-state index contributed by atoms with van der Waals surface area (Å²) in [6.07, 6.45) is 2.01. The van der Waals surface area contributed by atoms with Crippen molar-refractivity contribution < 1.29 is 13.2 Å². The highest BCUT2D eigenvalue weighted by atomic mass is 32.2. The molecule has 0 saturated heterocycles. The minimum atomic E-state index is -3.36. The molecule has 0 aliphatic rings. The van der Waals surface area contributed by atoms with E-state index in [-0.39, 0.29) is 5.91 Å². The predicted molar refractivity (Wildman–Crippen MR) is 81.9 cm³/mol. The van der Waals surface area contributed by atoms with E-state index < -0.39 is 10.0 Å². The summed E-state index contributed by atoms with van der Waals surface area (Å²) in [7, 11) is -1.94. The van der Waals surface area contributed by atoms with E-state index in [4.69, 9.17) is 0 Å². The van der Waals surface area contributed by atoms with E-state index in [9.17, 15) is 13.2 Å². The molecule has 0 radical (unpaired) electrons. The van der Waals surface area contributed by atoms with E-state index in [1.165, 1.54) is 7.05 Å². The molecule has 1 heterocycles. The first-order valence-electron chi connectivity index (χ1n) is 6.32. The number of thiazole rings is 1. The average molecular weight is 319 g/mol. The number of carbonyl (C=O) groups is 1. The smallest absolute Gasteiger partial charge is 0.263 e. The highest BCUT2D eigenvalue weighted by Crippen LogP contribution is 2.26. The number of nitrogens with one attached hydrogen (secondary N) is 1. The number of hydrogen-bond acceptors (Lipinski definition) is 5. The number of amides is 1. The molecule has 20 heavy (non-hydrogen) atoms. The topological polar surface area (TPSA) is 79.4 Å². The summed E-state index contributed by atoms with van der Waals surface area (Å²) in [5, 5.41) is 3.13. The van der Waals surface area contributed by atoms with Gasteiger partial charge in [-0.25, -0.2) is 17.7 Å². The molecule has 0 saturated carbocycles. The number of aryl methyl sites for hydroxylation is 1. The Labute approximate surface area is 124 Å². The minimum absolute atomic E-state index is 0.200. The molecule has 0 aliphatic carbocycles. The molecule has 0 unspecified atom stereocenters. The number of sulfonamides is 1. The summed E-state index contributed by atoms with van der Waals surface area (Å²) in [6, 6.07) is 0. The summed E-state index contributed by atoms with van der Waals surface area (Å²) >= 11 is 1.09. The van der Waals surface area contributed by atoms with Crippen LogP contribution in [0.25, 0.3) is 0 Å². The van der Waals surface area contributed by atoms with Crippen molar-refractivity contribution in [1.82, 2.24) is 10.3 Å². The Balaban J connectivity index is 2.82. The van der Waals surface area contributed by atoms with E-state index in [0.29, 0.717) is 28.2 Å². The molecule has 1 rings (SSSR count). The zero-order valence-corrected chi connectivity index (χ0v) is 14.1. The van der Waals surface area contributed by atoms with Crippen LogP contribution in [0, 0.1) is 12.8 Å². The van der Waals surface area contributed by atoms with Crippen molar-refractivity contribution >= 4 is 32.4 Å². The fourth-order valence-corrected chi connectivity index (χ4v) is 3.12. The van der Waals surface area contributed by atoms with Crippen LogP contribution >= 0.6 is 11.3 Å². The number of nitrogens with zero attached hydrogens (tertiary/aromatic N) is 2. The van der Waals surface area contributed by atoms with Crippen LogP contribution in [-0.4, -0.2) is 39.2 Å². The third kappa shape index (κ3) is 4.45. The van der Waals surface area contributed by atoms with Crippen molar-refractivity contribution in [3.8, 4) is 0 Å². The maximum Gasteiger partial charge on any atom is 0.263 e. The molecule has 0 aromatic carbocycles. The van der Waals surface area contributed by atoms with Gasteiger partial charge in [-0.1, -0.05) is 25.2 Å². The quantitative estimate of drug-likeness (QED) is 0.864. The van der Waals surface area contributed by atoms with Gasteiger partial charge in [-0.2, -0.15) is 0 Å². The Kier molecular flexibility index (Phi) is 5.52. The van der Waals surface area contributed by atoms with Gasteiger partial charge in [0, 0.05) is 13.6 Å². The van der Waals surface area contributed by atoms with Crippen molar-refractivity contribution in [3.63, 3.8) is 0 Å². The second kappa shape index (κ2) is 6.53. The molecule has 1 N–H and O–H groups in total. The van der Waals surface area contributed by atoms with Crippen LogP contribution in [0.2, 0.25) is 0 Å². The third-order valence-electron chi connectivity index (χ3n) is 2.77. The molecule has 1 amide bonds. The molecule has 0 atom stereocenters. The Hall–Kier alpha value is -1.15. The maximum absolute atomic E-state index is 12.0. The Morgan fingerprint density at radius 1 is 1.45 bits per heavy atom. The second-order valence-corrected chi connectivity index (χ2v) is 8.07. The molecule has 1 aromatic rings. The molecular weight excluding hydrogens is 298 g/mol. The van der Waals surface area contributed by atoms with Crippen molar-refractivity contribution in [3.05, 3.63) is 10.6 Å². The molecule has 0 fully saturated rings. The van der Waals surface area contributed by atoms with Crippen LogP contribution < -0.4 is 9.62 Å². The van der Waals surface area contributed by atoms with Gasteiger partial charge >= 0.3 is 0 Å². The fourth-order valence-electron chi connectivity index (χ4n) is 1.42. The maximum atomic E-state index is 12.0. The lowest BCUT2D eigenvalue weighted by Crippen LogP contribution is -2.25. The van der Waals surface area contributed by atoms with E-state index in [1.807, 2.05) is 0 Å². The van der Waals surface area contributed by atoms with E-state index in [2.05, 4.69) is 24.1 Å². The molecule has 114 valence electrons. The van der Waals surface area contributed by atoms with Gasteiger partial charge in [-0.15, -0.1) is 0 Å². The zero-order chi connectivity index (χ0) is 15.5. The minimum Gasteiger partial charge on any atom is -0.351 e. The van der Waals surface area contributed by atoms with Gasteiger partial charge in [0.15, 0.2) is 5.13 Å². The Bertz CT molecular complexity index is 579. The summed E-state index contributed by atoms with van der Waals surface area (Å²) in [5.74, 6) is 0.318. The number of rotatable bonds is 6. The van der Waals surface area contributed by atoms with Gasteiger partial charge in [0.2, 0.25) is 10.0 Å². The Morgan fingerprint density at radius 3 is 2.55 bits per heavy atom. The summed E-state index contributed by atoms with van der Waals surface area (Å²) in [5.41, 5.74) is 0.544. The first-order valence-corrected chi connectivity index (χ1v) is 8.99. The lowest BCUT2D eigenvalue weighted by Gasteiger charge is -2.11. The van der Waals surface area contributed by atoms with Crippen molar-refractivity contribution in [2.45, 2.75) is 27.2 Å². The molecule has 0 aliphatic heterocycles. The van der Waals surface area contributed by atoms with E-state index in [1.54, 1.807) is 6.92 Å². The molecule has 1 aromatic heterocycles. The van der Waals surface area contributed by atoms with Crippen LogP contribution in [0.1, 0.15) is 35.6 Å². The highest BCUT2D eigenvalue weighted by Gasteiger charge is 2.21. The first-order chi connectivity index (χ1) is 9.12. The van der Waals surface area contributed by atoms with E-state index >= 15 is 0 Å². The molecular formula is C12H21N3O3S2. The van der Waals surface area contributed by atoms with Crippen LogP contribution in [0.5, 0.6) is 0 Å². The highest BCUT2D eigenvalue weighted by molar-refractivity contribution is 7.92. The fraction of sp³-hybridized carbons (Fsp3) is 0.667. The molecule has 6 nitrogen and oxygen atoms in total. The van der Waals surface area contributed by atoms with Crippen molar-refractivity contribution in [2.75, 3.05) is 24.2 Å². The third-order valence-corrected chi connectivity index (χ3v) is 5.28. The number of hydrogen-bond donors (Lipinski definition) is 1. The normalized spacial score (nSPS) is 11.7. The monoisotopic (exact) mass is 319 g/mol. The van der Waals surface area contributed by atoms with Gasteiger partial charge in [-0.3, -0.25) is 4.79 Å². The van der Waals surface area contributed by atoms with Gasteiger partial charge in [0.05, 0.1) is 11.9 Å². The van der Waals surface area contributed by atoms with E-state index in [0.717, 1.165) is 28.3 Å². The lowest BCUT2D eigenvalue weighted by atomic mass is 10.1. The predicted octanol–water partition coefficient (Wildman–Crippen LogP) is 1.62. The summed E-state index contributed by atoms with van der Waals surface area (Å²) in [6.45, 7) is 6.48. The molecule has 0 spiro atoms. The van der Waals surface area contributed by atoms with Gasteiger partial charge in [0.25, 0.3) is 5.91 Å². The number of anilines is 1. The van der Waals surface area contributed by atoms with Crippen molar-refractivity contribution in [1.29, 1.82) is 0 Å². The first kappa shape index (κ1) is 16.9. The van der Waals surface area contributed by atoms with Crippen molar-refractivity contribution in [2.24, 2.45) is 5.92 Å². The van der Waals surface area contributed by atoms with Crippen LogP contribution in [0.3, 0.4) is 0 Å². The second-order valence-electron chi connectivity index (χ2n) is 5.08. The average Bonchev–Trinajstić information content (AvgIpc) is 2.68. The van der Waals surface area contributed by atoms with Crippen LogP contribution in [-0.2, 0) is 10.0 Å². The summed E-state index contributed by atoms with van der Waals surface area (Å²) < 4.78 is 24.0. The van der Waals surface area contributed by atoms with Gasteiger partial charge < -0.3 is 5.32 Å². The van der Waals surface area contributed by atoms with Crippen LogP contribution in [0.15, 0.2) is 0 Å². The Morgan fingerprint density at radius 2 is 2.05 bits per heavy atom. The standard InChI is InChI=1S/C12H21N3O3S2/c1-8(2)6-7-13-11(16)10-9(3)14-12(19-10)15(4)20(5,17)18/h8H,6-7H2,1-5H3,(H,13,16). The van der Waals surface area contributed by atoms with Gasteiger partial charge in [0.1, 0.15) is 4.88 Å². The summed E-state index contributed by atoms with van der Waals surface area (Å²) in [4.78, 5) is 16.6.